The number of hydrogen-bond acceptors (Lipinski definition) is 5. The summed E-state index contributed by atoms with van der Waals surface area (Å²) in [5, 5.41) is 4.31. The van der Waals surface area contributed by atoms with Crippen molar-refractivity contribution in [2.24, 2.45) is 5.14 Å². The van der Waals surface area contributed by atoms with Gasteiger partial charge in [0.2, 0.25) is 15.9 Å². The fourth-order valence-corrected chi connectivity index (χ4v) is 3.51. The Morgan fingerprint density at radius 1 is 1.61 bits per heavy atom. The highest BCUT2D eigenvalue weighted by Gasteiger charge is 2.36. The molecule has 100 valence electrons. The van der Waals surface area contributed by atoms with Crippen LogP contribution < -0.4 is 5.14 Å². The van der Waals surface area contributed by atoms with Crippen LogP contribution in [0, 0.1) is 6.92 Å². The summed E-state index contributed by atoms with van der Waals surface area (Å²) in [5.41, 5.74) is 2.73. The van der Waals surface area contributed by atoms with Crippen LogP contribution >= 0.6 is 11.3 Å². The van der Waals surface area contributed by atoms with E-state index in [0.29, 0.717) is 13.0 Å². The lowest BCUT2D eigenvalue weighted by Crippen LogP contribution is -2.33. The van der Waals surface area contributed by atoms with Gasteiger partial charge in [0, 0.05) is 30.8 Å². The molecule has 1 aliphatic heterocycles. The molecule has 2 heterocycles. The summed E-state index contributed by atoms with van der Waals surface area (Å²) < 4.78 is 22.4. The van der Waals surface area contributed by atoms with Crippen molar-refractivity contribution in [3.8, 4) is 0 Å². The molecule has 0 aliphatic carbocycles. The van der Waals surface area contributed by atoms with Crippen LogP contribution in [0.5, 0.6) is 0 Å². The van der Waals surface area contributed by atoms with E-state index < -0.39 is 15.3 Å². The van der Waals surface area contributed by atoms with Gasteiger partial charge < -0.3 is 4.90 Å². The summed E-state index contributed by atoms with van der Waals surface area (Å²) in [7, 11) is -3.62. The molecule has 0 saturated carbocycles. The molecule has 1 atom stereocenters. The average Bonchev–Trinajstić information content (AvgIpc) is 2.82. The van der Waals surface area contributed by atoms with E-state index >= 15 is 0 Å². The Hall–Kier alpha value is -0.990. The molecule has 0 radical (unpaired) electrons. The molecule has 2 rings (SSSR count). The quantitative estimate of drug-likeness (QED) is 0.836. The standard InChI is InChI=1S/C10H15N3O3S2/c1-7-9(17-6-12-7)2-3-13-5-8(4-10(13)14)18(11,15)16/h6,8H,2-5H2,1H3,(H2,11,15,16). The van der Waals surface area contributed by atoms with E-state index in [-0.39, 0.29) is 18.9 Å². The molecule has 1 aliphatic rings. The summed E-state index contributed by atoms with van der Waals surface area (Å²) in [6, 6.07) is 0. The van der Waals surface area contributed by atoms with E-state index in [2.05, 4.69) is 4.98 Å². The van der Waals surface area contributed by atoms with Crippen molar-refractivity contribution in [1.82, 2.24) is 9.88 Å². The second-order valence-electron chi connectivity index (χ2n) is 4.37. The van der Waals surface area contributed by atoms with E-state index in [9.17, 15) is 13.2 Å². The molecule has 0 bridgehead atoms. The van der Waals surface area contributed by atoms with E-state index in [0.717, 1.165) is 10.6 Å². The Morgan fingerprint density at radius 3 is 2.83 bits per heavy atom. The van der Waals surface area contributed by atoms with Crippen molar-refractivity contribution in [2.75, 3.05) is 13.1 Å². The number of carbonyl (C=O) groups excluding carboxylic acids is 1. The topological polar surface area (TPSA) is 93.4 Å². The number of amides is 1. The van der Waals surface area contributed by atoms with Gasteiger partial charge in [0.05, 0.1) is 11.2 Å². The molecular weight excluding hydrogens is 274 g/mol. The van der Waals surface area contributed by atoms with E-state index in [1.807, 2.05) is 6.92 Å². The normalized spacial score (nSPS) is 20.7. The van der Waals surface area contributed by atoms with Crippen LogP contribution in [0.25, 0.3) is 0 Å². The van der Waals surface area contributed by atoms with Crippen LogP contribution in [0.15, 0.2) is 5.51 Å². The lowest BCUT2D eigenvalue weighted by Gasteiger charge is -2.15. The Balaban J connectivity index is 1.95. The first-order valence-electron chi connectivity index (χ1n) is 5.56. The van der Waals surface area contributed by atoms with Crippen LogP contribution in [0.2, 0.25) is 0 Å². The maximum Gasteiger partial charge on any atom is 0.224 e. The van der Waals surface area contributed by atoms with Gasteiger partial charge in [-0.3, -0.25) is 4.79 Å². The Bertz CT molecular complexity index is 552. The van der Waals surface area contributed by atoms with E-state index in [1.54, 1.807) is 21.7 Å². The average molecular weight is 289 g/mol. The van der Waals surface area contributed by atoms with Crippen molar-refractivity contribution < 1.29 is 13.2 Å². The first-order chi connectivity index (χ1) is 8.38. The summed E-state index contributed by atoms with van der Waals surface area (Å²) in [4.78, 5) is 18.5. The summed E-state index contributed by atoms with van der Waals surface area (Å²) in [6.45, 7) is 2.65. The van der Waals surface area contributed by atoms with Crippen LogP contribution in [-0.2, 0) is 21.2 Å². The molecule has 1 amide bonds. The van der Waals surface area contributed by atoms with Gasteiger partial charge in [-0.2, -0.15) is 0 Å². The number of primary sulfonamides is 1. The number of rotatable bonds is 4. The zero-order chi connectivity index (χ0) is 13.3. The third-order valence-electron chi connectivity index (χ3n) is 3.10. The van der Waals surface area contributed by atoms with E-state index in [4.69, 9.17) is 5.14 Å². The summed E-state index contributed by atoms with van der Waals surface area (Å²) in [6.07, 6.45) is 0.708. The fourth-order valence-electron chi connectivity index (χ4n) is 1.97. The van der Waals surface area contributed by atoms with Gasteiger partial charge in [-0.15, -0.1) is 11.3 Å². The summed E-state index contributed by atoms with van der Waals surface area (Å²) in [5.74, 6) is -0.142. The first-order valence-corrected chi connectivity index (χ1v) is 8.05. The molecule has 1 unspecified atom stereocenters. The third-order valence-corrected chi connectivity index (χ3v) is 5.34. The second kappa shape index (κ2) is 4.94. The highest BCUT2D eigenvalue weighted by molar-refractivity contribution is 7.89. The van der Waals surface area contributed by atoms with Gasteiger partial charge in [-0.25, -0.2) is 18.5 Å². The third kappa shape index (κ3) is 2.88. The minimum Gasteiger partial charge on any atom is -0.341 e. The van der Waals surface area contributed by atoms with Crippen molar-refractivity contribution in [3.63, 3.8) is 0 Å². The number of nitrogens with two attached hydrogens (primary N) is 1. The Labute approximate surface area is 110 Å². The Morgan fingerprint density at radius 2 is 2.33 bits per heavy atom. The molecule has 2 N–H and O–H groups in total. The van der Waals surface area contributed by atoms with Crippen molar-refractivity contribution in [2.45, 2.75) is 25.0 Å². The van der Waals surface area contributed by atoms with Gasteiger partial charge in [0.1, 0.15) is 5.25 Å². The number of thiazole rings is 1. The zero-order valence-corrected chi connectivity index (χ0v) is 11.6. The van der Waals surface area contributed by atoms with Crippen molar-refractivity contribution in [1.29, 1.82) is 0 Å². The predicted octanol–water partition coefficient (Wildman–Crippen LogP) is -0.117. The second-order valence-corrected chi connectivity index (χ2v) is 7.15. The number of nitrogens with zero attached hydrogens (tertiary/aromatic N) is 2. The smallest absolute Gasteiger partial charge is 0.224 e. The number of sulfonamides is 1. The van der Waals surface area contributed by atoms with Crippen LogP contribution in [0.4, 0.5) is 0 Å². The highest BCUT2D eigenvalue weighted by atomic mass is 32.2. The molecule has 1 fully saturated rings. The Kier molecular flexibility index (Phi) is 3.69. The van der Waals surface area contributed by atoms with Crippen LogP contribution in [-0.4, -0.2) is 42.5 Å². The minimum atomic E-state index is -3.62. The van der Waals surface area contributed by atoms with Crippen LogP contribution in [0.1, 0.15) is 17.0 Å². The predicted molar refractivity (Wildman–Crippen MR) is 68.6 cm³/mol. The molecule has 0 aromatic carbocycles. The summed E-state index contributed by atoms with van der Waals surface area (Å²) >= 11 is 1.55. The molecule has 1 aromatic heterocycles. The SMILES string of the molecule is Cc1ncsc1CCN1CC(S(N)(=O)=O)CC1=O. The van der Waals surface area contributed by atoms with Crippen molar-refractivity contribution in [3.05, 3.63) is 16.1 Å². The van der Waals surface area contributed by atoms with Gasteiger partial charge in [0.15, 0.2) is 0 Å². The number of aromatic nitrogens is 1. The molecular formula is C10H15N3O3S2. The monoisotopic (exact) mass is 289 g/mol. The lowest BCUT2D eigenvalue weighted by atomic mass is 10.3. The molecule has 1 saturated heterocycles. The molecule has 18 heavy (non-hydrogen) atoms. The van der Waals surface area contributed by atoms with E-state index in [1.165, 1.54) is 0 Å². The number of carbonyl (C=O) groups is 1. The van der Waals surface area contributed by atoms with Crippen molar-refractivity contribution >= 4 is 27.3 Å². The van der Waals surface area contributed by atoms with Gasteiger partial charge in [0.25, 0.3) is 0 Å². The maximum atomic E-state index is 11.7. The first kappa shape index (κ1) is 13.4. The highest BCUT2D eigenvalue weighted by Crippen LogP contribution is 2.19. The maximum absolute atomic E-state index is 11.7. The number of hydrogen-bond donors (Lipinski definition) is 1. The van der Waals surface area contributed by atoms with Gasteiger partial charge in [-0.1, -0.05) is 0 Å². The number of aryl methyl sites for hydroxylation is 1. The fraction of sp³-hybridized carbons (Fsp3) is 0.600. The largest absolute Gasteiger partial charge is 0.341 e. The zero-order valence-electron chi connectivity index (χ0n) is 10.00. The molecule has 6 nitrogen and oxygen atoms in total. The van der Waals surface area contributed by atoms with Gasteiger partial charge in [-0.05, 0) is 6.92 Å². The molecule has 8 heteroatoms. The molecule has 1 aromatic rings. The minimum absolute atomic E-state index is 0.000502. The lowest BCUT2D eigenvalue weighted by molar-refractivity contribution is -0.127. The number of likely N-dealkylation sites (tertiary alicyclic amines) is 1. The molecule has 0 spiro atoms. The van der Waals surface area contributed by atoms with Crippen LogP contribution in [0.3, 0.4) is 0 Å². The van der Waals surface area contributed by atoms with Gasteiger partial charge >= 0.3 is 0 Å².